The molecule has 0 radical (unpaired) electrons. The van der Waals surface area contributed by atoms with Gasteiger partial charge < -0.3 is 15.8 Å². The topological polar surface area (TPSA) is 64.3 Å². The third-order valence-corrected chi connectivity index (χ3v) is 4.03. The molecule has 0 fully saturated rings. The summed E-state index contributed by atoms with van der Waals surface area (Å²) in [5, 5.41) is 3.71. The lowest BCUT2D eigenvalue weighted by atomic mass is 9.94. The molecule has 1 amide bonds. The van der Waals surface area contributed by atoms with Crippen molar-refractivity contribution in [2.45, 2.75) is 46.2 Å². The van der Waals surface area contributed by atoms with Gasteiger partial charge in [0.25, 0.3) is 0 Å². The highest BCUT2D eigenvalue weighted by molar-refractivity contribution is 6.30. The molecule has 3 unspecified atom stereocenters. The monoisotopic (exact) mass is 362 g/mol. The van der Waals surface area contributed by atoms with Gasteiger partial charge in [0.05, 0.1) is 13.2 Å². The number of rotatable bonds is 7. The van der Waals surface area contributed by atoms with Gasteiger partial charge in [0.2, 0.25) is 5.91 Å². The Balaban J connectivity index is 0.00000484. The first kappa shape index (κ1) is 22.0. The fourth-order valence-electron chi connectivity index (χ4n) is 2.25. The van der Waals surface area contributed by atoms with Crippen LogP contribution in [-0.4, -0.2) is 19.1 Å². The first-order valence-electron chi connectivity index (χ1n) is 7.65. The van der Waals surface area contributed by atoms with E-state index in [1.807, 2.05) is 26.0 Å². The number of carbonyl (C=O) groups excluding carboxylic acids is 1. The molecule has 1 aromatic carbocycles. The normalized spacial score (nSPS) is 14.6. The Bertz CT molecular complexity index is 507. The minimum absolute atomic E-state index is 0. The Morgan fingerprint density at radius 1 is 1.30 bits per heavy atom. The number of benzene rings is 1. The predicted molar refractivity (Wildman–Crippen MR) is 98.4 cm³/mol. The van der Waals surface area contributed by atoms with Crippen LogP contribution in [0, 0.1) is 11.8 Å². The summed E-state index contributed by atoms with van der Waals surface area (Å²) in [7, 11) is 1.62. The van der Waals surface area contributed by atoms with Crippen molar-refractivity contribution >= 4 is 29.9 Å². The van der Waals surface area contributed by atoms with Crippen molar-refractivity contribution < 1.29 is 9.53 Å². The molecule has 3 atom stereocenters. The third-order valence-electron chi connectivity index (χ3n) is 3.79. The Labute approximate surface area is 150 Å². The number of methoxy groups -OCH3 is 1. The van der Waals surface area contributed by atoms with Gasteiger partial charge in [0.1, 0.15) is 5.75 Å². The average Bonchev–Trinajstić information content (AvgIpc) is 2.44. The standard InChI is InChI=1S/C17H27ClN2O2.ClH/c1-10(2)8-15(20-17(21)11(3)12(4)19)14-9-13(18)6-7-16(14)22-5;/h6-7,9-12,15H,8,19H2,1-5H3,(H,20,21);1H. The van der Waals surface area contributed by atoms with Crippen molar-refractivity contribution in [3.8, 4) is 5.75 Å². The summed E-state index contributed by atoms with van der Waals surface area (Å²) in [5.74, 6) is 0.839. The van der Waals surface area contributed by atoms with Crippen LogP contribution in [0.1, 0.15) is 45.7 Å². The van der Waals surface area contributed by atoms with Crippen LogP contribution in [0.25, 0.3) is 0 Å². The number of carbonyl (C=O) groups is 1. The van der Waals surface area contributed by atoms with Crippen molar-refractivity contribution in [1.82, 2.24) is 5.32 Å². The van der Waals surface area contributed by atoms with Gasteiger partial charge in [-0.05, 0) is 37.5 Å². The van der Waals surface area contributed by atoms with E-state index in [0.717, 1.165) is 17.7 Å². The molecule has 1 rings (SSSR count). The lowest BCUT2D eigenvalue weighted by Crippen LogP contribution is -2.40. The summed E-state index contributed by atoms with van der Waals surface area (Å²) in [5.41, 5.74) is 6.72. The fraction of sp³-hybridized carbons (Fsp3) is 0.588. The van der Waals surface area contributed by atoms with E-state index in [4.69, 9.17) is 22.1 Å². The zero-order chi connectivity index (χ0) is 16.9. The average molecular weight is 363 g/mol. The number of amides is 1. The fourth-order valence-corrected chi connectivity index (χ4v) is 2.44. The van der Waals surface area contributed by atoms with Gasteiger partial charge in [0, 0.05) is 22.5 Å². The van der Waals surface area contributed by atoms with Gasteiger partial charge in [-0.25, -0.2) is 0 Å². The molecule has 0 aliphatic heterocycles. The molecule has 0 heterocycles. The van der Waals surface area contributed by atoms with E-state index in [9.17, 15) is 4.79 Å². The van der Waals surface area contributed by atoms with Crippen LogP contribution in [0.4, 0.5) is 0 Å². The lowest BCUT2D eigenvalue weighted by Gasteiger charge is -2.25. The van der Waals surface area contributed by atoms with Crippen molar-refractivity contribution in [2.24, 2.45) is 17.6 Å². The van der Waals surface area contributed by atoms with Crippen molar-refractivity contribution in [2.75, 3.05) is 7.11 Å². The van der Waals surface area contributed by atoms with Crippen molar-refractivity contribution in [3.05, 3.63) is 28.8 Å². The smallest absolute Gasteiger partial charge is 0.224 e. The van der Waals surface area contributed by atoms with Crippen LogP contribution >= 0.6 is 24.0 Å². The van der Waals surface area contributed by atoms with E-state index >= 15 is 0 Å². The largest absolute Gasteiger partial charge is 0.496 e. The van der Waals surface area contributed by atoms with Crippen LogP contribution in [0.2, 0.25) is 5.02 Å². The zero-order valence-electron chi connectivity index (χ0n) is 14.4. The highest BCUT2D eigenvalue weighted by Crippen LogP contribution is 2.32. The quantitative estimate of drug-likeness (QED) is 0.771. The van der Waals surface area contributed by atoms with Crippen LogP contribution in [-0.2, 0) is 4.79 Å². The first-order valence-corrected chi connectivity index (χ1v) is 8.03. The van der Waals surface area contributed by atoms with Crippen LogP contribution in [0.5, 0.6) is 5.75 Å². The van der Waals surface area contributed by atoms with Gasteiger partial charge >= 0.3 is 0 Å². The van der Waals surface area contributed by atoms with Crippen molar-refractivity contribution in [3.63, 3.8) is 0 Å². The molecule has 6 heteroatoms. The second kappa shape index (κ2) is 10.0. The number of ether oxygens (including phenoxy) is 1. The van der Waals surface area contributed by atoms with Crippen LogP contribution < -0.4 is 15.8 Å². The number of hydrogen-bond donors (Lipinski definition) is 2. The Morgan fingerprint density at radius 3 is 2.39 bits per heavy atom. The van der Waals surface area contributed by atoms with Gasteiger partial charge in [0.15, 0.2) is 0 Å². The zero-order valence-corrected chi connectivity index (χ0v) is 16.0. The molecule has 0 spiro atoms. The molecule has 0 saturated carbocycles. The molecule has 4 nitrogen and oxygen atoms in total. The summed E-state index contributed by atoms with van der Waals surface area (Å²) in [6, 6.07) is 5.11. The van der Waals surface area contributed by atoms with E-state index in [-0.39, 0.29) is 36.3 Å². The summed E-state index contributed by atoms with van der Waals surface area (Å²) in [6.45, 7) is 7.90. The lowest BCUT2D eigenvalue weighted by molar-refractivity contribution is -0.125. The van der Waals surface area contributed by atoms with Gasteiger partial charge in [-0.15, -0.1) is 12.4 Å². The maximum atomic E-state index is 12.4. The predicted octanol–water partition coefficient (Wildman–Crippen LogP) is 3.96. The van der Waals surface area contributed by atoms with E-state index < -0.39 is 0 Å². The minimum Gasteiger partial charge on any atom is -0.496 e. The summed E-state index contributed by atoms with van der Waals surface area (Å²) in [6.07, 6.45) is 0.800. The summed E-state index contributed by atoms with van der Waals surface area (Å²) >= 11 is 6.12. The SMILES string of the molecule is COc1ccc(Cl)cc1C(CC(C)C)NC(=O)C(C)C(C)N.Cl. The molecular weight excluding hydrogens is 335 g/mol. The third kappa shape index (κ3) is 6.58. The number of nitrogens with one attached hydrogen (secondary N) is 1. The summed E-state index contributed by atoms with van der Waals surface area (Å²) in [4.78, 5) is 12.4. The molecule has 0 saturated heterocycles. The molecule has 0 aromatic heterocycles. The molecule has 132 valence electrons. The maximum Gasteiger partial charge on any atom is 0.224 e. The molecule has 3 N–H and O–H groups in total. The molecule has 23 heavy (non-hydrogen) atoms. The highest BCUT2D eigenvalue weighted by atomic mass is 35.5. The first-order chi connectivity index (χ1) is 10.3. The molecule has 1 aromatic rings. The number of nitrogens with two attached hydrogens (primary N) is 1. The Hall–Kier alpha value is -0.970. The van der Waals surface area contributed by atoms with E-state index in [1.165, 1.54) is 0 Å². The summed E-state index contributed by atoms with van der Waals surface area (Å²) < 4.78 is 5.42. The minimum atomic E-state index is -0.250. The molecular formula is C17H28Cl2N2O2. The Kier molecular flexibility index (Phi) is 9.59. The van der Waals surface area contributed by atoms with E-state index in [1.54, 1.807) is 13.2 Å². The van der Waals surface area contributed by atoms with Crippen molar-refractivity contribution in [1.29, 1.82) is 0 Å². The molecule has 0 bridgehead atoms. The van der Waals surface area contributed by atoms with Gasteiger partial charge in [-0.3, -0.25) is 4.79 Å². The number of hydrogen-bond acceptors (Lipinski definition) is 3. The molecule has 0 aliphatic rings. The van der Waals surface area contributed by atoms with E-state index in [2.05, 4.69) is 19.2 Å². The van der Waals surface area contributed by atoms with Gasteiger partial charge in [-0.1, -0.05) is 32.4 Å². The van der Waals surface area contributed by atoms with E-state index in [0.29, 0.717) is 10.9 Å². The number of halogens is 2. The Morgan fingerprint density at radius 2 is 1.91 bits per heavy atom. The second-order valence-corrected chi connectivity index (χ2v) is 6.66. The van der Waals surface area contributed by atoms with Crippen LogP contribution in [0.15, 0.2) is 18.2 Å². The maximum absolute atomic E-state index is 12.4. The second-order valence-electron chi connectivity index (χ2n) is 6.22. The highest BCUT2D eigenvalue weighted by Gasteiger charge is 2.24. The van der Waals surface area contributed by atoms with Gasteiger partial charge in [-0.2, -0.15) is 0 Å². The molecule has 0 aliphatic carbocycles. The van der Waals surface area contributed by atoms with Crippen LogP contribution in [0.3, 0.4) is 0 Å².